The van der Waals surface area contributed by atoms with Crippen LogP contribution in [0, 0.1) is 5.92 Å². The Bertz CT molecular complexity index is 394. The van der Waals surface area contributed by atoms with Gasteiger partial charge in [-0.25, -0.2) is 9.78 Å². The molecule has 0 amide bonds. The normalized spacial score (nSPS) is 12.1. The van der Waals surface area contributed by atoms with Crippen LogP contribution >= 0.6 is 0 Å². The van der Waals surface area contributed by atoms with Crippen LogP contribution in [0.2, 0.25) is 0 Å². The van der Waals surface area contributed by atoms with Crippen LogP contribution < -0.4 is 10.6 Å². The van der Waals surface area contributed by atoms with Gasteiger partial charge in [0.15, 0.2) is 0 Å². The molecule has 2 N–H and O–H groups in total. The molecule has 5 heteroatoms. The summed E-state index contributed by atoms with van der Waals surface area (Å²) in [4.78, 5) is 16.0. The number of ether oxygens (including phenoxy) is 1. The Morgan fingerprint density at radius 1 is 1.39 bits per heavy atom. The number of methoxy groups -OCH3 is 1. The van der Waals surface area contributed by atoms with Crippen molar-refractivity contribution in [3.8, 4) is 0 Å². The van der Waals surface area contributed by atoms with Crippen LogP contribution in [0.25, 0.3) is 0 Å². The molecule has 1 heterocycles. The minimum Gasteiger partial charge on any atom is -0.467 e. The number of pyridine rings is 1. The number of hydrogen-bond donors (Lipinski definition) is 2. The van der Waals surface area contributed by atoms with E-state index in [4.69, 9.17) is 4.74 Å². The van der Waals surface area contributed by atoms with Crippen LogP contribution in [0.15, 0.2) is 18.2 Å². The molecule has 5 nitrogen and oxygen atoms in total. The van der Waals surface area contributed by atoms with Gasteiger partial charge in [-0.3, -0.25) is 0 Å². The predicted octanol–water partition coefficient (Wildman–Crippen LogP) is 2.12. The quantitative estimate of drug-likeness (QED) is 0.758. The van der Waals surface area contributed by atoms with E-state index >= 15 is 0 Å². The summed E-state index contributed by atoms with van der Waals surface area (Å²) in [6, 6.07) is 5.21. The summed E-state index contributed by atoms with van der Waals surface area (Å²) >= 11 is 0. The first-order chi connectivity index (χ1) is 8.56. The number of nitrogens with zero attached hydrogens (tertiary/aromatic N) is 1. The molecule has 1 unspecified atom stereocenters. The number of carbonyl (C=O) groups excluding carboxylic acids is 1. The fraction of sp³-hybridized carbons (Fsp3) is 0.538. The first kappa shape index (κ1) is 14.3. The minimum absolute atomic E-state index is 0.264. The molecular weight excluding hydrogens is 230 g/mol. The number of rotatable bonds is 6. The maximum absolute atomic E-state index is 11.7. The Balaban J connectivity index is 2.78. The lowest BCUT2D eigenvalue weighted by Gasteiger charge is -2.19. The van der Waals surface area contributed by atoms with Gasteiger partial charge in [0.25, 0.3) is 0 Å². The number of anilines is 2. The van der Waals surface area contributed by atoms with Crippen molar-refractivity contribution in [1.29, 1.82) is 0 Å². The van der Waals surface area contributed by atoms with Gasteiger partial charge in [0.2, 0.25) is 0 Å². The summed E-state index contributed by atoms with van der Waals surface area (Å²) in [6.07, 6.45) is 0.706. The molecule has 1 atom stereocenters. The fourth-order valence-electron chi connectivity index (χ4n) is 1.66. The van der Waals surface area contributed by atoms with Gasteiger partial charge in [-0.05, 0) is 24.5 Å². The van der Waals surface area contributed by atoms with Crippen molar-refractivity contribution in [2.75, 3.05) is 24.8 Å². The molecule has 0 saturated carbocycles. The van der Waals surface area contributed by atoms with Crippen molar-refractivity contribution >= 4 is 17.6 Å². The maximum atomic E-state index is 11.7. The molecule has 0 aliphatic rings. The highest BCUT2D eigenvalue weighted by Gasteiger charge is 2.20. The molecule has 0 aliphatic heterocycles. The molecule has 1 aromatic heterocycles. The molecule has 0 bridgehead atoms. The van der Waals surface area contributed by atoms with E-state index in [1.54, 1.807) is 7.05 Å². The SMILES string of the molecule is CNc1cccc(NC(CC(C)C)C(=O)OC)n1. The highest BCUT2D eigenvalue weighted by Crippen LogP contribution is 2.14. The van der Waals surface area contributed by atoms with E-state index < -0.39 is 0 Å². The molecular formula is C13H21N3O2. The van der Waals surface area contributed by atoms with Crippen LogP contribution in [0.5, 0.6) is 0 Å². The summed E-state index contributed by atoms with van der Waals surface area (Å²) in [6.45, 7) is 4.13. The molecule has 1 rings (SSSR count). The second-order valence-corrected chi connectivity index (χ2v) is 4.51. The van der Waals surface area contributed by atoms with E-state index in [2.05, 4.69) is 29.5 Å². The topological polar surface area (TPSA) is 63.2 Å². The van der Waals surface area contributed by atoms with E-state index in [0.29, 0.717) is 18.2 Å². The standard InChI is InChI=1S/C13H21N3O2/c1-9(2)8-10(13(17)18-4)15-12-7-5-6-11(14-3)16-12/h5-7,9-10H,8H2,1-4H3,(H2,14,15,16). The highest BCUT2D eigenvalue weighted by molar-refractivity contribution is 5.78. The number of esters is 1. The van der Waals surface area contributed by atoms with Gasteiger partial charge < -0.3 is 15.4 Å². The lowest BCUT2D eigenvalue weighted by atomic mass is 10.0. The van der Waals surface area contributed by atoms with Crippen molar-refractivity contribution in [3.05, 3.63) is 18.2 Å². The van der Waals surface area contributed by atoms with Gasteiger partial charge in [0, 0.05) is 7.05 Å². The van der Waals surface area contributed by atoms with Crippen LogP contribution in [0.3, 0.4) is 0 Å². The first-order valence-electron chi connectivity index (χ1n) is 6.06. The summed E-state index contributed by atoms with van der Waals surface area (Å²) in [5.41, 5.74) is 0. The lowest BCUT2D eigenvalue weighted by Crippen LogP contribution is -2.32. The monoisotopic (exact) mass is 251 g/mol. The Labute approximate surface area is 108 Å². The summed E-state index contributed by atoms with van der Waals surface area (Å²) in [5, 5.41) is 6.07. The van der Waals surface area contributed by atoms with Gasteiger partial charge in [0.05, 0.1) is 7.11 Å². The van der Waals surface area contributed by atoms with Gasteiger partial charge >= 0.3 is 5.97 Å². The molecule has 0 saturated heterocycles. The Hall–Kier alpha value is -1.78. The fourth-order valence-corrected chi connectivity index (χ4v) is 1.66. The zero-order chi connectivity index (χ0) is 13.5. The molecule has 0 spiro atoms. The number of nitrogens with one attached hydrogen (secondary N) is 2. The van der Waals surface area contributed by atoms with Crippen LogP contribution in [-0.2, 0) is 9.53 Å². The Kier molecular flexibility index (Phi) is 5.42. The second-order valence-electron chi connectivity index (χ2n) is 4.51. The molecule has 18 heavy (non-hydrogen) atoms. The van der Waals surface area contributed by atoms with E-state index in [0.717, 1.165) is 5.82 Å². The smallest absolute Gasteiger partial charge is 0.328 e. The lowest BCUT2D eigenvalue weighted by molar-refractivity contribution is -0.141. The second kappa shape index (κ2) is 6.83. The third-order valence-corrected chi connectivity index (χ3v) is 2.52. The Morgan fingerprint density at radius 3 is 2.61 bits per heavy atom. The highest BCUT2D eigenvalue weighted by atomic mass is 16.5. The average molecular weight is 251 g/mol. The van der Waals surface area contributed by atoms with E-state index in [9.17, 15) is 4.79 Å². The number of aromatic nitrogens is 1. The number of hydrogen-bond acceptors (Lipinski definition) is 5. The summed E-state index contributed by atoms with van der Waals surface area (Å²) in [5.74, 6) is 1.56. The van der Waals surface area contributed by atoms with Crippen molar-refractivity contribution < 1.29 is 9.53 Å². The molecule has 100 valence electrons. The van der Waals surface area contributed by atoms with Gasteiger partial charge in [-0.1, -0.05) is 19.9 Å². The summed E-state index contributed by atoms with van der Waals surface area (Å²) in [7, 11) is 3.20. The van der Waals surface area contributed by atoms with Crippen molar-refractivity contribution in [2.24, 2.45) is 5.92 Å². The molecule has 0 fully saturated rings. The maximum Gasteiger partial charge on any atom is 0.328 e. The van der Waals surface area contributed by atoms with Gasteiger partial charge in [0.1, 0.15) is 17.7 Å². The van der Waals surface area contributed by atoms with E-state index in [-0.39, 0.29) is 12.0 Å². The largest absolute Gasteiger partial charge is 0.467 e. The minimum atomic E-state index is -0.366. The van der Waals surface area contributed by atoms with Crippen LogP contribution in [-0.4, -0.2) is 31.2 Å². The van der Waals surface area contributed by atoms with Crippen molar-refractivity contribution in [2.45, 2.75) is 26.3 Å². The predicted molar refractivity (Wildman–Crippen MR) is 72.7 cm³/mol. The molecule has 0 aliphatic carbocycles. The first-order valence-corrected chi connectivity index (χ1v) is 6.06. The Morgan fingerprint density at radius 2 is 2.06 bits per heavy atom. The third-order valence-electron chi connectivity index (χ3n) is 2.52. The van der Waals surface area contributed by atoms with Crippen molar-refractivity contribution in [3.63, 3.8) is 0 Å². The van der Waals surface area contributed by atoms with Crippen molar-refractivity contribution in [1.82, 2.24) is 4.98 Å². The average Bonchev–Trinajstić information content (AvgIpc) is 2.36. The summed E-state index contributed by atoms with van der Waals surface area (Å²) < 4.78 is 4.80. The van der Waals surface area contributed by atoms with E-state index in [1.165, 1.54) is 7.11 Å². The zero-order valence-corrected chi connectivity index (χ0v) is 11.4. The van der Waals surface area contributed by atoms with Gasteiger partial charge in [-0.2, -0.15) is 0 Å². The third kappa shape index (κ3) is 4.24. The van der Waals surface area contributed by atoms with Crippen LogP contribution in [0.4, 0.5) is 11.6 Å². The van der Waals surface area contributed by atoms with Gasteiger partial charge in [-0.15, -0.1) is 0 Å². The number of carbonyl (C=O) groups is 1. The molecule has 0 aromatic carbocycles. The molecule has 1 aromatic rings. The zero-order valence-electron chi connectivity index (χ0n) is 11.4. The van der Waals surface area contributed by atoms with E-state index in [1.807, 2.05) is 18.2 Å². The molecule has 0 radical (unpaired) electrons. The van der Waals surface area contributed by atoms with Crippen LogP contribution in [0.1, 0.15) is 20.3 Å².